The third-order valence-corrected chi connectivity index (χ3v) is 5.03. The highest BCUT2D eigenvalue weighted by Crippen LogP contribution is 2.15. The highest BCUT2D eigenvalue weighted by Gasteiger charge is 2.28. The largest absolute Gasteiger partial charge is 0.354 e. The van der Waals surface area contributed by atoms with Gasteiger partial charge in [0.1, 0.15) is 6.04 Å². The molecule has 0 heterocycles. The normalized spacial score (nSPS) is 11.9. The highest BCUT2D eigenvalue weighted by molar-refractivity contribution is 6.30. The van der Waals surface area contributed by atoms with Crippen LogP contribution in [0.3, 0.4) is 0 Å². The minimum atomic E-state index is -0.482. The van der Waals surface area contributed by atoms with E-state index >= 15 is 0 Å². The van der Waals surface area contributed by atoms with Gasteiger partial charge in [-0.25, -0.2) is 0 Å². The summed E-state index contributed by atoms with van der Waals surface area (Å²) in [5.41, 5.74) is 2.00. The number of benzene rings is 2. The molecule has 0 bridgehead atoms. The van der Waals surface area contributed by atoms with E-state index < -0.39 is 6.04 Å². The van der Waals surface area contributed by atoms with E-state index in [-0.39, 0.29) is 18.2 Å². The van der Waals surface area contributed by atoms with Gasteiger partial charge in [-0.2, -0.15) is 0 Å². The molecule has 0 aliphatic heterocycles. The summed E-state index contributed by atoms with van der Waals surface area (Å²) in [5, 5.41) is 3.59. The van der Waals surface area contributed by atoms with Crippen molar-refractivity contribution < 1.29 is 9.59 Å². The van der Waals surface area contributed by atoms with Crippen molar-refractivity contribution in [3.63, 3.8) is 0 Å². The van der Waals surface area contributed by atoms with Crippen molar-refractivity contribution in [2.45, 2.75) is 46.1 Å². The first-order valence-electron chi connectivity index (χ1n) is 10.3. The molecular formula is C24H31ClN2O2. The second kappa shape index (κ2) is 11.6. The number of carbonyl (C=O) groups excluding carboxylic acids is 2. The fourth-order valence-corrected chi connectivity index (χ4v) is 3.45. The Morgan fingerprint density at radius 3 is 2.34 bits per heavy atom. The third kappa shape index (κ3) is 7.54. The highest BCUT2D eigenvalue weighted by atomic mass is 35.5. The lowest BCUT2D eigenvalue weighted by molar-refractivity contribution is -0.140. The van der Waals surface area contributed by atoms with Gasteiger partial charge in [0, 0.05) is 18.1 Å². The van der Waals surface area contributed by atoms with E-state index in [1.165, 1.54) is 0 Å². The van der Waals surface area contributed by atoms with Crippen molar-refractivity contribution in [1.29, 1.82) is 0 Å². The number of nitrogens with one attached hydrogen (secondary N) is 1. The number of nitrogens with zero attached hydrogens (tertiary/aromatic N) is 1. The molecule has 29 heavy (non-hydrogen) atoms. The summed E-state index contributed by atoms with van der Waals surface area (Å²) < 4.78 is 0. The number of amides is 2. The van der Waals surface area contributed by atoms with E-state index in [9.17, 15) is 9.59 Å². The van der Waals surface area contributed by atoms with E-state index in [4.69, 9.17) is 11.6 Å². The van der Waals surface area contributed by atoms with Crippen molar-refractivity contribution >= 4 is 23.4 Å². The molecule has 0 saturated carbocycles. The van der Waals surface area contributed by atoms with Gasteiger partial charge in [0.25, 0.3) is 0 Å². The SMILES string of the molecule is CCC(C(=O)NCC(C)C)N(CCc1ccccc1)C(=O)Cc1cccc(Cl)c1. The van der Waals surface area contributed by atoms with E-state index in [0.717, 1.165) is 11.1 Å². The number of halogens is 1. The maximum atomic E-state index is 13.2. The second-order valence-electron chi connectivity index (χ2n) is 7.69. The summed E-state index contributed by atoms with van der Waals surface area (Å²) in [6.45, 7) is 7.15. The monoisotopic (exact) mass is 414 g/mol. The Kier molecular flexibility index (Phi) is 9.20. The summed E-state index contributed by atoms with van der Waals surface area (Å²) in [6, 6.07) is 16.9. The number of rotatable bonds is 10. The van der Waals surface area contributed by atoms with Crippen molar-refractivity contribution in [2.24, 2.45) is 5.92 Å². The van der Waals surface area contributed by atoms with Crippen LogP contribution in [0.25, 0.3) is 0 Å². The predicted octanol–water partition coefficient (Wildman–Crippen LogP) is 4.50. The molecular weight excluding hydrogens is 384 g/mol. The molecule has 156 valence electrons. The fourth-order valence-electron chi connectivity index (χ4n) is 3.24. The molecule has 0 aromatic heterocycles. The zero-order valence-electron chi connectivity index (χ0n) is 17.5. The Bertz CT molecular complexity index is 792. The Morgan fingerprint density at radius 2 is 1.72 bits per heavy atom. The first-order chi connectivity index (χ1) is 13.9. The smallest absolute Gasteiger partial charge is 0.242 e. The summed E-state index contributed by atoms with van der Waals surface area (Å²) in [4.78, 5) is 27.7. The molecule has 0 fully saturated rings. The van der Waals surface area contributed by atoms with Gasteiger partial charge in [0.15, 0.2) is 0 Å². The first kappa shape index (κ1) is 23.0. The third-order valence-electron chi connectivity index (χ3n) is 4.80. The maximum absolute atomic E-state index is 13.2. The van der Waals surface area contributed by atoms with Crippen molar-refractivity contribution in [3.8, 4) is 0 Å². The van der Waals surface area contributed by atoms with Gasteiger partial charge in [-0.1, -0.05) is 74.8 Å². The van der Waals surface area contributed by atoms with Crippen LogP contribution in [0.5, 0.6) is 0 Å². The van der Waals surface area contributed by atoms with Crippen LogP contribution in [0.4, 0.5) is 0 Å². The minimum Gasteiger partial charge on any atom is -0.354 e. The van der Waals surface area contributed by atoms with Gasteiger partial charge in [0.05, 0.1) is 6.42 Å². The van der Waals surface area contributed by atoms with E-state index in [2.05, 4.69) is 19.2 Å². The predicted molar refractivity (Wildman–Crippen MR) is 119 cm³/mol. The molecule has 0 spiro atoms. The summed E-state index contributed by atoms with van der Waals surface area (Å²) in [7, 11) is 0. The van der Waals surface area contributed by atoms with E-state index in [1.807, 2.05) is 49.4 Å². The van der Waals surface area contributed by atoms with Crippen LogP contribution < -0.4 is 5.32 Å². The topological polar surface area (TPSA) is 49.4 Å². The van der Waals surface area contributed by atoms with Crippen molar-refractivity contribution in [1.82, 2.24) is 10.2 Å². The van der Waals surface area contributed by atoms with E-state index in [0.29, 0.717) is 36.9 Å². The fraction of sp³-hybridized carbons (Fsp3) is 0.417. The quantitative estimate of drug-likeness (QED) is 0.622. The Labute approximate surface area is 179 Å². The van der Waals surface area contributed by atoms with Gasteiger partial charge in [0.2, 0.25) is 11.8 Å². The Morgan fingerprint density at radius 1 is 1.03 bits per heavy atom. The van der Waals surface area contributed by atoms with Crippen LogP contribution >= 0.6 is 11.6 Å². The van der Waals surface area contributed by atoms with Crippen molar-refractivity contribution in [2.75, 3.05) is 13.1 Å². The van der Waals surface area contributed by atoms with Crippen LogP contribution in [-0.4, -0.2) is 35.8 Å². The maximum Gasteiger partial charge on any atom is 0.242 e. The molecule has 0 saturated heterocycles. The Hall–Kier alpha value is -2.33. The molecule has 0 radical (unpaired) electrons. The molecule has 5 heteroatoms. The standard InChI is InChI=1S/C24H31ClN2O2/c1-4-22(24(29)26-17-18(2)3)27(14-13-19-9-6-5-7-10-19)23(28)16-20-11-8-12-21(25)15-20/h5-12,15,18,22H,4,13-14,16-17H2,1-3H3,(H,26,29). The lowest BCUT2D eigenvalue weighted by Gasteiger charge is -2.31. The molecule has 1 N–H and O–H groups in total. The van der Waals surface area contributed by atoms with Crippen LogP contribution in [0.15, 0.2) is 54.6 Å². The molecule has 0 aliphatic carbocycles. The molecule has 1 unspecified atom stereocenters. The molecule has 2 aromatic rings. The summed E-state index contributed by atoms with van der Waals surface area (Å²) in [6.07, 6.45) is 1.50. The van der Waals surface area contributed by atoms with Crippen LogP contribution in [-0.2, 0) is 22.4 Å². The second-order valence-corrected chi connectivity index (χ2v) is 8.13. The lowest BCUT2D eigenvalue weighted by Crippen LogP contribution is -2.51. The minimum absolute atomic E-state index is 0.0604. The molecule has 4 nitrogen and oxygen atoms in total. The zero-order valence-corrected chi connectivity index (χ0v) is 18.3. The number of carbonyl (C=O) groups is 2. The van der Waals surface area contributed by atoms with Gasteiger partial charge in [-0.05, 0) is 42.0 Å². The van der Waals surface area contributed by atoms with Gasteiger partial charge >= 0.3 is 0 Å². The van der Waals surface area contributed by atoms with Crippen molar-refractivity contribution in [3.05, 3.63) is 70.7 Å². The average Bonchev–Trinajstić information content (AvgIpc) is 2.70. The number of hydrogen-bond donors (Lipinski definition) is 1. The van der Waals surface area contributed by atoms with Crippen LogP contribution in [0.2, 0.25) is 5.02 Å². The zero-order chi connectivity index (χ0) is 21.2. The number of hydrogen-bond acceptors (Lipinski definition) is 2. The van der Waals surface area contributed by atoms with E-state index in [1.54, 1.807) is 17.0 Å². The molecule has 2 rings (SSSR count). The molecule has 2 amide bonds. The lowest BCUT2D eigenvalue weighted by atomic mass is 10.1. The average molecular weight is 415 g/mol. The van der Waals surface area contributed by atoms with Crippen LogP contribution in [0.1, 0.15) is 38.3 Å². The molecule has 1 atom stereocenters. The summed E-state index contributed by atoms with van der Waals surface area (Å²) in [5.74, 6) is 0.208. The molecule has 2 aromatic carbocycles. The Balaban J connectivity index is 2.17. The van der Waals surface area contributed by atoms with Gasteiger partial charge in [-0.3, -0.25) is 9.59 Å². The molecule has 0 aliphatic rings. The van der Waals surface area contributed by atoms with Crippen LogP contribution in [0, 0.1) is 5.92 Å². The summed E-state index contributed by atoms with van der Waals surface area (Å²) >= 11 is 6.07. The van der Waals surface area contributed by atoms with Gasteiger partial charge < -0.3 is 10.2 Å². The van der Waals surface area contributed by atoms with Gasteiger partial charge in [-0.15, -0.1) is 0 Å². The first-order valence-corrected chi connectivity index (χ1v) is 10.6.